The Morgan fingerprint density at radius 1 is 1.00 bits per heavy atom. The standard InChI is InChI=1S/C23H38N2O3/c1-2-3-4-5-6-10-15-22(17-18-11-8-7-9-12-18)23(24,28)25(22)19-13-14-20(26)21(27)16-19/h7-9,11-12,19-21,26-28H,2-6,10,13-17,24H2,1H3. The van der Waals surface area contributed by atoms with E-state index in [9.17, 15) is 15.3 Å². The molecule has 5 nitrogen and oxygen atoms in total. The van der Waals surface area contributed by atoms with Crippen molar-refractivity contribution in [3.05, 3.63) is 35.9 Å². The number of benzene rings is 1. The Morgan fingerprint density at radius 2 is 1.68 bits per heavy atom. The Balaban J connectivity index is 1.70. The van der Waals surface area contributed by atoms with Crippen molar-refractivity contribution in [2.45, 2.75) is 107 Å². The Kier molecular flexibility index (Phi) is 7.16. The molecule has 5 heteroatoms. The maximum Gasteiger partial charge on any atom is 0.192 e. The van der Waals surface area contributed by atoms with Crippen LogP contribution in [0.2, 0.25) is 0 Å². The lowest BCUT2D eigenvalue weighted by atomic mass is 9.88. The maximum absolute atomic E-state index is 11.2. The summed E-state index contributed by atoms with van der Waals surface area (Å²) < 4.78 is 0. The zero-order chi connectivity index (χ0) is 20.2. The van der Waals surface area contributed by atoms with Crippen LogP contribution in [0.1, 0.15) is 76.7 Å². The van der Waals surface area contributed by atoms with Crippen LogP contribution in [-0.4, -0.2) is 49.9 Å². The maximum atomic E-state index is 11.2. The summed E-state index contributed by atoms with van der Waals surface area (Å²) in [7, 11) is 0. The van der Waals surface area contributed by atoms with Gasteiger partial charge in [0.25, 0.3) is 0 Å². The molecule has 2 fully saturated rings. The molecule has 0 aromatic heterocycles. The predicted molar refractivity (Wildman–Crippen MR) is 111 cm³/mol. The molecule has 3 rings (SSSR count). The van der Waals surface area contributed by atoms with E-state index in [1.165, 1.54) is 31.2 Å². The molecule has 28 heavy (non-hydrogen) atoms. The summed E-state index contributed by atoms with van der Waals surface area (Å²) in [4.78, 5) is 2.04. The number of aliphatic hydroxyl groups excluding tert-OH is 2. The van der Waals surface area contributed by atoms with E-state index in [0.717, 1.165) is 25.7 Å². The lowest BCUT2D eigenvalue weighted by molar-refractivity contribution is -0.0381. The summed E-state index contributed by atoms with van der Waals surface area (Å²) in [6.07, 6.45) is 9.17. The minimum Gasteiger partial charge on any atom is -0.390 e. The first-order valence-corrected chi connectivity index (χ1v) is 11.1. The van der Waals surface area contributed by atoms with Crippen LogP contribution in [0.5, 0.6) is 0 Å². The Bertz CT molecular complexity index is 609. The first-order chi connectivity index (χ1) is 13.4. The molecular formula is C23H38N2O3. The third-order valence-corrected chi connectivity index (χ3v) is 6.87. The van der Waals surface area contributed by atoms with E-state index >= 15 is 0 Å². The highest BCUT2D eigenvalue weighted by atomic mass is 16.4. The van der Waals surface area contributed by atoms with Crippen molar-refractivity contribution in [3.63, 3.8) is 0 Å². The van der Waals surface area contributed by atoms with Crippen LogP contribution in [0.25, 0.3) is 0 Å². The molecule has 2 aliphatic rings. The second-order valence-corrected chi connectivity index (χ2v) is 8.91. The van der Waals surface area contributed by atoms with Gasteiger partial charge in [-0.15, -0.1) is 0 Å². The molecule has 0 radical (unpaired) electrons. The van der Waals surface area contributed by atoms with Gasteiger partial charge in [-0.05, 0) is 37.7 Å². The average Bonchev–Trinajstić information content (AvgIpc) is 3.15. The molecule has 0 amide bonds. The van der Waals surface area contributed by atoms with Gasteiger partial charge in [-0.1, -0.05) is 75.8 Å². The number of hydrogen-bond donors (Lipinski definition) is 4. The Hall–Kier alpha value is -0.980. The second kappa shape index (κ2) is 9.23. The largest absolute Gasteiger partial charge is 0.390 e. The van der Waals surface area contributed by atoms with Gasteiger partial charge in [0, 0.05) is 6.04 Å². The van der Waals surface area contributed by atoms with Crippen LogP contribution in [0, 0.1) is 0 Å². The van der Waals surface area contributed by atoms with Crippen LogP contribution >= 0.6 is 0 Å². The minimum absolute atomic E-state index is 0.0113. The zero-order valence-corrected chi connectivity index (χ0v) is 17.3. The Morgan fingerprint density at radius 3 is 2.36 bits per heavy atom. The van der Waals surface area contributed by atoms with E-state index < -0.39 is 23.6 Å². The summed E-state index contributed by atoms with van der Waals surface area (Å²) in [6, 6.07) is 10.2. The molecule has 6 atom stereocenters. The SMILES string of the molecule is CCCCCCCCC1(Cc2ccccc2)N(C2CCC(O)C(O)C2)C1(N)O. The van der Waals surface area contributed by atoms with E-state index in [0.29, 0.717) is 19.3 Å². The summed E-state index contributed by atoms with van der Waals surface area (Å²) in [5.41, 5.74) is 7.14. The van der Waals surface area contributed by atoms with Gasteiger partial charge in [-0.2, -0.15) is 0 Å². The van der Waals surface area contributed by atoms with Crippen LogP contribution in [0.15, 0.2) is 30.3 Å². The van der Waals surface area contributed by atoms with E-state index in [4.69, 9.17) is 5.73 Å². The molecule has 1 heterocycles. The fourth-order valence-corrected chi connectivity index (χ4v) is 5.20. The molecule has 1 aliphatic heterocycles. The highest BCUT2D eigenvalue weighted by Gasteiger charge is 2.74. The summed E-state index contributed by atoms with van der Waals surface area (Å²) >= 11 is 0. The van der Waals surface area contributed by atoms with Crippen LogP contribution in [0.4, 0.5) is 0 Å². The first-order valence-electron chi connectivity index (χ1n) is 11.1. The molecule has 0 spiro atoms. The Labute approximate surface area is 169 Å². The van der Waals surface area contributed by atoms with E-state index in [1.54, 1.807) is 0 Å². The fourth-order valence-electron chi connectivity index (χ4n) is 5.20. The molecule has 158 valence electrons. The van der Waals surface area contributed by atoms with E-state index in [1.807, 2.05) is 23.1 Å². The molecule has 0 bridgehead atoms. The van der Waals surface area contributed by atoms with Crippen LogP contribution in [0.3, 0.4) is 0 Å². The van der Waals surface area contributed by atoms with Gasteiger partial charge < -0.3 is 15.3 Å². The molecule has 1 aliphatic carbocycles. The number of unbranched alkanes of at least 4 members (excludes halogenated alkanes) is 5. The number of rotatable bonds is 10. The molecule has 5 N–H and O–H groups in total. The van der Waals surface area contributed by atoms with Crippen LogP contribution < -0.4 is 5.73 Å². The summed E-state index contributed by atoms with van der Waals surface area (Å²) in [6.45, 7) is 2.22. The van der Waals surface area contributed by atoms with Gasteiger partial charge in [0.15, 0.2) is 5.85 Å². The van der Waals surface area contributed by atoms with Crippen LogP contribution in [-0.2, 0) is 6.42 Å². The lowest BCUT2D eigenvalue weighted by Crippen LogP contribution is -2.42. The van der Waals surface area contributed by atoms with Gasteiger partial charge in [0.2, 0.25) is 0 Å². The topological polar surface area (TPSA) is 89.7 Å². The summed E-state index contributed by atoms with van der Waals surface area (Å²) in [5, 5.41) is 31.2. The van der Waals surface area contributed by atoms with Crippen molar-refractivity contribution in [3.8, 4) is 0 Å². The molecule has 6 unspecified atom stereocenters. The quantitative estimate of drug-likeness (QED) is 0.280. The third-order valence-electron chi connectivity index (χ3n) is 6.87. The monoisotopic (exact) mass is 390 g/mol. The van der Waals surface area contributed by atoms with Gasteiger partial charge in [0.1, 0.15) is 0 Å². The average molecular weight is 391 g/mol. The number of nitrogens with two attached hydrogens (primary N) is 1. The second-order valence-electron chi connectivity index (χ2n) is 8.91. The number of aliphatic hydroxyl groups is 3. The highest BCUT2D eigenvalue weighted by molar-refractivity contribution is 5.29. The molecule has 1 aromatic rings. The van der Waals surface area contributed by atoms with Crippen molar-refractivity contribution in [2.24, 2.45) is 5.73 Å². The minimum atomic E-state index is -1.35. The summed E-state index contributed by atoms with van der Waals surface area (Å²) in [5.74, 6) is -1.35. The van der Waals surface area contributed by atoms with Crippen molar-refractivity contribution in [1.29, 1.82) is 0 Å². The van der Waals surface area contributed by atoms with Gasteiger partial charge in [-0.3, -0.25) is 5.73 Å². The molecule has 1 saturated carbocycles. The van der Waals surface area contributed by atoms with Gasteiger partial charge >= 0.3 is 0 Å². The third kappa shape index (κ3) is 4.44. The van der Waals surface area contributed by atoms with Crippen molar-refractivity contribution in [1.82, 2.24) is 4.90 Å². The van der Waals surface area contributed by atoms with Crippen molar-refractivity contribution in [2.75, 3.05) is 0 Å². The first kappa shape index (κ1) is 21.7. The number of hydrogen-bond acceptors (Lipinski definition) is 5. The molecule has 1 saturated heterocycles. The smallest absolute Gasteiger partial charge is 0.192 e. The fraction of sp³-hybridized carbons (Fsp3) is 0.739. The van der Waals surface area contributed by atoms with E-state index in [-0.39, 0.29) is 6.04 Å². The molecule has 1 aromatic carbocycles. The lowest BCUT2D eigenvalue weighted by Gasteiger charge is -2.32. The predicted octanol–water partition coefficient (Wildman–Crippen LogP) is 2.91. The van der Waals surface area contributed by atoms with Crippen molar-refractivity contribution < 1.29 is 15.3 Å². The van der Waals surface area contributed by atoms with Gasteiger partial charge in [0.05, 0.1) is 17.7 Å². The van der Waals surface area contributed by atoms with E-state index in [2.05, 4.69) is 19.1 Å². The number of nitrogens with zero attached hydrogens (tertiary/aromatic N) is 1. The normalized spacial score (nSPS) is 37.8. The highest BCUT2D eigenvalue weighted by Crippen LogP contribution is 2.55. The van der Waals surface area contributed by atoms with Crippen molar-refractivity contribution >= 4 is 0 Å². The molecular weight excluding hydrogens is 352 g/mol. The van der Waals surface area contributed by atoms with Gasteiger partial charge in [-0.25, -0.2) is 4.90 Å². The zero-order valence-electron chi connectivity index (χ0n) is 17.3.